The first-order valence-electron chi connectivity index (χ1n) is 8.33. The maximum absolute atomic E-state index is 13.9. The molecule has 0 heterocycles. The van der Waals surface area contributed by atoms with Crippen LogP contribution in [0.3, 0.4) is 0 Å². The minimum absolute atomic E-state index is 0.00870. The van der Waals surface area contributed by atoms with Crippen molar-refractivity contribution in [3.05, 3.63) is 47.8 Å². The van der Waals surface area contributed by atoms with Crippen LogP contribution in [-0.2, 0) is 10.0 Å². The normalized spacial score (nSPS) is 15.0. The van der Waals surface area contributed by atoms with Gasteiger partial charge in [0, 0.05) is 6.07 Å². The summed E-state index contributed by atoms with van der Waals surface area (Å²) < 4.78 is 78.3. The highest BCUT2D eigenvalue weighted by Gasteiger charge is 2.25. The zero-order valence-corrected chi connectivity index (χ0v) is 15.3. The quantitative estimate of drug-likeness (QED) is 0.736. The van der Waals surface area contributed by atoms with Crippen molar-refractivity contribution in [3.63, 3.8) is 0 Å². The van der Waals surface area contributed by atoms with Gasteiger partial charge in [-0.15, -0.1) is 0 Å². The summed E-state index contributed by atoms with van der Waals surface area (Å²) in [6.07, 6.45) is 3.89. The van der Waals surface area contributed by atoms with Gasteiger partial charge in [-0.05, 0) is 49.9 Å². The second-order valence-corrected chi connectivity index (χ2v) is 7.82. The van der Waals surface area contributed by atoms with Gasteiger partial charge in [-0.25, -0.2) is 21.6 Å². The summed E-state index contributed by atoms with van der Waals surface area (Å²) in [7, 11) is -3.02. The molecule has 1 fully saturated rings. The third-order valence-corrected chi connectivity index (χ3v) is 5.70. The second-order valence-electron chi connectivity index (χ2n) is 6.17. The van der Waals surface area contributed by atoms with E-state index in [9.17, 15) is 21.6 Å². The van der Waals surface area contributed by atoms with E-state index in [0.29, 0.717) is 23.6 Å². The highest BCUT2D eigenvalue weighted by Crippen LogP contribution is 2.34. The van der Waals surface area contributed by atoms with E-state index in [0.717, 1.165) is 25.7 Å². The minimum Gasteiger partial charge on any atom is -0.493 e. The molecule has 1 saturated carbocycles. The molecule has 1 aliphatic carbocycles. The van der Waals surface area contributed by atoms with E-state index in [2.05, 4.69) is 4.72 Å². The van der Waals surface area contributed by atoms with E-state index in [1.54, 1.807) is 0 Å². The summed E-state index contributed by atoms with van der Waals surface area (Å²) in [5, 5.41) is 0. The standard InChI is InChI=1S/C18H18F3NO4S/c1-25-14-8-6-11(10-15(14)26-12-4-2-3-5-12)22-27(23,24)16-9-7-13(19)17(20)18(16)21/h6-10,12,22H,2-5H2,1H3. The van der Waals surface area contributed by atoms with Crippen molar-refractivity contribution in [3.8, 4) is 11.5 Å². The molecule has 27 heavy (non-hydrogen) atoms. The van der Waals surface area contributed by atoms with Crippen molar-refractivity contribution in [2.75, 3.05) is 11.8 Å². The Morgan fingerprint density at radius 3 is 2.37 bits per heavy atom. The number of nitrogens with one attached hydrogen (secondary N) is 1. The van der Waals surface area contributed by atoms with E-state index in [-0.39, 0.29) is 11.8 Å². The molecule has 0 bridgehead atoms. The number of methoxy groups -OCH3 is 1. The Bertz CT molecular complexity index is 944. The first kappa shape index (κ1) is 19.3. The Kier molecular flexibility index (Phi) is 5.50. The summed E-state index contributed by atoms with van der Waals surface area (Å²) >= 11 is 0. The van der Waals surface area contributed by atoms with Gasteiger partial charge in [-0.2, -0.15) is 0 Å². The molecule has 0 aromatic heterocycles. The van der Waals surface area contributed by atoms with Crippen LogP contribution in [0, 0.1) is 17.5 Å². The molecule has 5 nitrogen and oxygen atoms in total. The van der Waals surface area contributed by atoms with Crippen LogP contribution in [0.1, 0.15) is 25.7 Å². The number of sulfonamides is 1. The molecule has 1 aliphatic rings. The topological polar surface area (TPSA) is 64.6 Å². The maximum atomic E-state index is 13.9. The number of rotatable bonds is 6. The third kappa shape index (κ3) is 4.13. The van der Waals surface area contributed by atoms with Crippen LogP contribution < -0.4 is 14.2 Å². The number of hydrogen-bond donors (Lipinski definition) is 1. The van der Waals surface area contributed by atoms with Gasteiger partial charge in [0.25, 0.3) is 10.0 Å². The maximum Gasteiger partial charge on any atom is 0.264 e. The average molecular weight is 401 g/mol. The summed E-state index contributed by atoms with van der Waals surface area (Å²) in [5.74, 6) is -4.33. The van der Waals surface area contributed by atoms with Gasteiger partial charge in [-0.1, -0.05) is 0 Å². The van der Waals surface area contributed by atoms with Gasteiger partial charge in [0.2, 0.25) is 0 Å². The second kappa shape index (κ2) is 7.67. The van der Waals surface area contributed by atoms with E-state index in [4.69, 9.17) is 9.47 Å². The number of ether oxygens (including phenoxy) is 2. The van der Waals surface area contributed by atoms with Crippen LogP contribution in [0.4, 0.5) is 18.9 Å². The van der Waals surface area contributed by atoms with Crippen molar-refractivity contribution >= 4 is 15.7 Å². The van der Waals surface area contributed by atoms with Gasteiger partial charge in [0.15, 0.2) is 29.0 Å². The van der Waals surface area contributed by atoms with Gasteiger partial charge < -0.3 is 9.47 Å². The van der Waals surface area contributed by atoms with Crippen LogP contribution in [0.5, 0.6) is 11.5 Å². The smallest absolute Gasteiger partial charge is 0.264 e. The van der Waals surface area contributed by atoms with Crippen LogP contribution in [0.15, 0.2) is 35.2 Å². The lowest BCUT2D eigenvalue weighted by Crippen LogP contribution is -2.16. The lowest BCUT2D eigenvalue weighted by Gasteiger charge is -2.17. The van der Waals surface area contributed by atoms with Crippen molar-refractivity contribution in [1.82, 2.24) is 0 Å². The van der Waals surface area contributed by atoms with E-state index in [1.807, 2.05) is 0 Å². The predicted octanol–water partition coefficient (Wildman–Crippen LogP) is 4.23. The predicted molar refractivity (Wildman–Crippen MR) is 93.0 cm³/mol. The molecule has 0 aliphatic heterocycles. The molecule has 0 saturated heterocycles. The lowest BCUT2D eigenvalue weighted by molar-refractivity contribution is 0.201. The van der Waals surface area contributed by atoms with E-state index >= 15 is 0 Å². The summed E-state index contributed by atoms with van der Waals surface area (Å²) in [5.41, 5.74) is 0.0768. The number of benzene rings is 2. The molecule has 0 spiro atoms. The van der Waals surface area contributed by atoms with Crippen molar-refractivity contribution in [2.24, 2.45) is 0 Å². The molecule has 0 radical (unpaired) electrons. The highest BCUT2D eigenvalue weighted by atomic mass is 32.2. The molecule has 2 aromatic rings. The molecular formula is C18H18F3NO4S. The first-order chi connectivity index (χ1) is 12.8. The molecule has 3 rings (SSSR count). The van der Waals surface area contributed by atoms with Crippen molar-refractivity contribution < 1.29 is 31.1 Å². The Hall–Kier alpha value is -2.42. The van der Waals surface area contributed by atoms with Gasteiger partial charge >= 0.3 is 0 Å². The van der Waals surface area contributed by atoms with Gasteiger partial charge in [0.05, 0.1) is 18.9 Å². The number of halogens is 3. The Labute approximate surface area is 155 Å². The molecule has 0 amide bonds. The number of hydrogen-bond acceptors (Lipinski definition) is 4. The van der Waals surface area contributed by atoms with Gasteiger partial charge in [0.1, 0.15) is 4.90 Å². The molecule has 2 aromatic carbocycles. The zero-order valence-electron chi connectivity index (χ0n) is 14.5. The third-order valence-electron chi connectivity index (χ3n) is 4.30. The monoisotopic (exact) mass is 401 g/mol. The molecule has 0 unspecified atom stereocenters. The van der Waals surface area contributed by atoms with Crippen LogP contribution in [0.2, 0.25) is 0 Å². The van der Waals surface area contributed by atoms with Crippen molar-refractivity contribution in [2.45, 2.75) is 36.7 Å². The minimum atomic E-state index is -4.47. The number of anilines is 1. The lowest BCUT2D eigenvalue weighted by atomic mass is 10.2. The Morgan fingerprint density at radius 2 is 1.70 bits per heavy atom. The molecule has 146 valence electrons. The molecule has 9 heteroatoms. The van der Waals surface area contributed by atoms with E-state index in [1.165, 1.54) is 25.3 Å². The largest absolute Gasteiger partial charge is 0.493 e. The Balaban J connectivity index is 1.89. The van der Waals surface area contributed by atoms with E-state index < -0.39 is 32.4 Å². The average Bonchev–Trinajstić information content (AvgIpc) is 3.12. The fraction of sp³-hybridized carbons (Fsp3) is 0.333. The highest BCUT2D eigenvalue weighted by molar-refractivity contribution is 7.92. The zero-order chi connectivity index (χ0) is 19.6. The van der Waals surface area contributed by atoms with Crippen LogP contribution in [-0.4, -0.2) is 21.6 Å². The molecule has 1 N–H and O–H groups in total. The first-order valence-corrected chi connectivity index (χ1v) is 9.81. The summed E-state index contributed by atoms with van der Waals surface area (Å²) in [6, 6.07) is 5.52. The van der Waals surface area contributed by atoms with Crippen LogP contribution in [0.25, 0.3) is 0 Å². The SMILES string of the molecule is COc1ccc(NS(=O)(=O)c2ccc(F)c(F)c2F)cc1OC1CCCC1. The summed E-state index contributed by atoms with van der Waals surface area (Å²) in [4.78, 5) is -0.990. The molecular weight excluding hydrogens is 383 g/mol. The van der Waals surface area contributed by atoms with Crippen LogP contribution >= 0.6 is 0 Å². The fourth-order valence-corrected chi connectivity index (χ4v) is 4.06. The Morgan fingerprint density at radius 1 is 1.00 bits per heavy atom. The fourth-order valence-electron chi connectivity index (χ4n) is 2.94. The summed E-state index contributed by atoms with van der Waals surface area (Å²) in [6.45, 7) is 0. The molecule has 0 atom stereocenters. The van der Waals surface area contributed by atoms with Gasteiger partial charge in [-0.3, -0.25) is 4.72 Å². The van der Waals surface area contributed by atoms with Crippen molar-refractivity contribution in [1.29, 1.82) is 0 Å².